The van der Waals surface area contributed by atoms with Crippen LogP contribution in [-0.4, -0.2) is 16.9 Å². The molecule has 0 aromatic heterocycles. The third-order valence-corrected chi connectivity index (χ3v) is 3.11. The van der Waals surface area contributed by atoms with Gasteiger partial charge in [-0.05, 0) is 5.92 Å². The van der Waals surface area contributed by atoms with Crippen molar-refractivity contribution in [3.05, 3.63) is 17.1 Å². The van der Waals surface area contributed by atoms with E-state index in [1.54, 1.807) is 0 Å². The molecule has 0 heterocycles. The van der Waals surface area contributed by atoms with E-state index in [1.165, 1.54) is 0 Å². The number of nitroso groups, excluding NO2 is 1. The number of hydrogen-bond donors (Lipinski definition) is 1. The van der Waals surface area contributed by atoms with Gasteiger partial charge in [0.2, 0.25) is 0 Å². The highest BCUT2D eigenvalue weighted by Crippen LogP contribution is 2.36. The molecule has 0 radical (unpaired) electrons. The van der Waals surface area contributed by atoms with E-state index < -0.39 is 5.54 Å². The summed E-state index contributed by atoms with van der Waals surface area (Å²) in [6.45, 7) is 5.82. The van der Waals surface area contributed by atoms with Crippen LogP contribution in [0.25, 0.3) is 0 Å². The minimum absolute atomic E-state index is 0.112. The van der Waals surface area contributed by atoms with Crippen molar-refractivity contribution in [2.75, 3.05) is 0 Å². The SMILES string of the molecule is CC1C=CC(N=O)(C(C)C)CC1OO. The Labute approximate surface area is 83.9 Å². The first kappa shape index (κ1) is 11.3. The van der Waals surface area contributed by atoms with Crippen LogP contribution >= 0.6 is 0 Å². The van der Waals surface area contributed by atoms with Crippen LogP contribution < -0.4 is 0 Å². The molecular weight excluding hydrogens is 182 g/mol. The van der Waals surface area contributed by atoms with Gasteiger partial charge in [-0.2, -0.15) is 0 Å². The van der Waals surface area contributed by atoms with Gasteiger partial charge in [-0.1, -0.05) is 38.1 Å². The molecule has 4 nitrogen and oxygen atoms in total. The van der Waals surface area contributed by atoms with Crippen LogP contribution in [0.5, 0.6) is 0 Å². The van der Waals surface area contributed by atoms with Crippen molar-refractivity contribution in [1.29, 1.82) is 0 Å². The molecular formula is C10H17NO3. The summed E-state index contributed by atoms with van der Waals surface area (Å²) in [7, 11) is 0. The Morgan fingerprint density at radius 2 is 2.29 bits per heavy atom. The smallest absolute Gasteiger partial charge is 0.125 e. The monoisotopic (exact) mass is 199 g/mol. The van der Waals surface area contributed by atoms with Gasteiger partial charge in [-0.3, -0.25) is 5.26 Å². The van der Waals surface area contributed by atoms with Crippen molar-refractivity contribution in [2.24, 2.45) is 17.0 Å². The van der Waals surface area contributed by atoms with E-state index in [4.69, 9.17) is 5.26 Å². The van der Waals surface area contributed by atoms with Crippen LogP contribution in [0.15, 0.2) is 17.3 Å². The van der Waals surface area contributed by atoms with Crippen molar-refractivity contribution in [1.82, 2.24) is 0 Å². The van der Waals surface area contributed by atoms with Crippen molar-refractivity contribution < 1.29 is 10.1 Å². The predicted octanol–water partition coefficient (Wildman–Crippen LogP) is 2.60. The molecule has 0 fully saturated rings. The Balaban J connectivity index is 2.91. The minimum Gasteiger partial charge on any atom is -0.252 e. The molecule has 4 heteroatoms. The van der Waals surface area contributed by atoms with Gasteiger partial charge in [-0.25, -0.2) is 4.89 Å². The Morgan fingerprint density at radius 3 is 2.71 bits per heavy atom. The molecule has 0 aliphatic heterocycles. The van der Waals surface area contributed by atoms with E-state index >= 15 is 0 Å². The summed E-state index contributed by atoms with van der Waals surface area (Å²) in [6.07, 6.45) is 3.83. The lowest BCUT2D eigenvalue weighted by Crippen LogP contribution is -2.40. The van der Waals surface area contributed by atoms with Crippen LogP contribution in [0.4, 0.5) is 0 Å². The molecule has 0 saturated heterocycles. The zero-order valence-electron chi connectivity index (χ0n) is 8.80. The first-order chi connectivity index (χ1) is 6.55. The molecule has 1 rings (SSSR count). The highest BCUT2D eigenvalue weighted by molar-refractivity contribution is 5.15. The van der Waals surface area contributed by atoms with Gasteiger partial charge >= 0.3 is 0 Å². The van der Waals surface area contributed by atoms with Gasteiger partial charge < -0.3 is 0 Å². The van der Waals surface area contributed by atoms with E-state index in [0.29, 0.717) is 6.42 Å². The quantitative estimate of drug-likeness (QED) is 0.329. The van der Waals surface area contributed by atoms with E-state index in [1.807, 2.05) is 32.9 Å². The summed E-state index contributed by atoms with van der Waals surface area (Å²) in [5.74, 6) is 0.232. The maximum atomic E-state index is 10.9. The molecule has 1 aliphatic rings. The third-order valence-electron chi connectivity index (χ3n) is 3.11. The summed E-state index contributed by atoms with van der Waals surface area (Å²) in [6, 6.07) is 0. The van der Waals surface area contributed by atoms with Crippen LogP contribution in [-0.2, 0) is 4.89 Å². The summed E-state index contributed by atoms with van der Waals surface area (Å²) in [5, 5.41) is 11.9. The van der Waals surface area contributed by atoms with E-state index in [0.717, 1.165) is 0 Å². The fourth-order valence-electron chi connectivity index (χ4n) is 1.75. The van der Waals surface area contributed by atoms with Crippen molar-refractivity contribution in [2.45, 2.75) is 38.8 Å². The van der Waals surface area contributed by atoms with Crippen LogP contribution in [0.2, 0.25) is 0 Å². The minimum atomic E-state index is -0.722. The third kappa shape index (κ3) is 1.86. The molecule has 1 aliphatic carbocycles. The van der Waals surface area contributed by atoms with E-state index in [9.17, 15) is 4.91 Å². The normalized spacial score (nSPS) is 37.5. The second-order valence-corrected chi connectivity index (χ2v) is 4.30. The number of hydrogen-bond acceptors (Lipinski definition) is 4. The van der Waals surface area contributed by atoms with Crippen molar-refractivity contribution >= 4 is 0 Å². The average Bonchev–Trinajstić information content (AvgIpc) is 2.18. The van der Waals surface area contributed by atoms with Gasteiger partial charge in [-0.15, -0.1) is 4.91 Å². The van der Waals surface area contributed by atoms with Gasteiger partial charge in [0.25, 0.3) is 0 Å². The highest BCUT2D eigenvalue weighted by atomic mass is 17.1. The van der Waals surface area contributed by atoms with Crippen LogP contribution in [0, 0.1) is 16.7 Å². The van der Waals surface area contributed by atoms with Crippen LogP contribution in [0.3, 0.4) is 0 Å². The summed E-state index contributed by atoms with van der Waals surface area (Å²) in [5.41, 5.74) is -0.722. The molecule has 1 N–H and O–H groups in total. The molecule has 80 valence electrons. The summed E-state index contributed by atoms with van der Waals surface area (Å²) >= 11 is 0. The highest BCUT2D eigenvalue weighted by Gasteiger charge is 2.40. The molecule has 0 saturated carbocycles. The summed E-state index contributed by atoms with van der Waals surface area (Å²) < 4.78 is 0. The maximum Gasteiger partial charge on any atom is 0.125 e. The maximum absolute atomic E-state index is 10.9. The summed E-state index contributed by atoms with van der Waals surface area (Å²) in [4.78, 5) is 15.2. The van der Waals surface area contributed by atoms with E-state index in [2.05, 4.69) is 10.1 Å². The second-order valence-electron chi connectivity index (χ2n) is 4.30. The predicted molar refractivity (Wildman–Crippen MR) is 53.8 cm³/mol. The molecule has 0 bridgehead atoms. The molecule has 0 spiro atoms. The van der Waals surface area contributed by atoms with Crippen LogP contribution in [0.1, 0.15) is 27.2 Å². The Bertz CT molecular complexity index is 240. The van der Waals surface area contributed by atoms with Gasteiger partial charge in [0.15, 0.2) is 0 Å². The van der Waals surface area contributed by atoms with Crippen molar-refractivity contribution in [3.8, 4) is 0 Å². The molecule has 0 aromatic rings. The molecule has 0 amide bonds. The fraction of sp³-hybridized carbons (Fsp3) is 0.800. The lowest BCUT2D eigenvalue weighted by molar-refractivity contribution is -0.290. The van der Waals surface area contributed by atoms with Gasteiger partial charge in [0, 0.05) is 12.3 Å². The second kappa shape index (κ2) is 4.19. The topological polar surface area (TPSA) is 58.9 Å². The first-order valence-electron chi connectivity index (χ1n) is 4.90. The molecule has 3 atom stereocenters. The average molecular weight is 199 g/mol. The largest absolute Gasteiger partial charge is 0.252 e. The Hall–Kier alpha value is -0.740. The number of rotatable bonds is 3. The fourth-order valence-corrected chi connectivity index (χ4v) is 1.75. The lowest BCUT2D eigenvalue weighted by atomic mass is 9.75. The molecule has 0 aromatic carbocycles. The van der Waals surface area contributed by atoms with Gasteiger partial charge in [0.05, 0.1) is 0 Å². The van der Waals surface area contributed by atoms with Gasteiger partial charge in [0.1, 0.15) is 11.6 Å². The van der Waals surface area contributed by atoms with Crippen molar-refractivity contribution in [3.63, 3.8) is 0 Å². The van der Waals surface area contributed by atoms with E-state index in [-0.39, 0.29) is 17.9 Å². The first-order valence-corrected chi connectivity index (χ1v) is 4.90. The Kier molecular flexibility index (Phi) is 3.39. The number of nitrogens with zero attached hydrogens (tertiary/aromatic N) is 1. The molecule has 3 unspecified atom stereocenters. The lowest BCUT2D eigenvalue weighted by Gasteiger charge is -2.35. The zero-order chi connectivity index (χ0) is 10.8. The zero-order valence-corrected chi connectivity index (χ0v) is 8.80. The standard InChI is InChI=1S/C10H17NO3/c1-7(2)10(11-12)5-4-8(3)9(6-10)14-13/h4-5,7-9,13H,6H2,1-3H3. The molecule has 14 heavy (non-hydrogen) atoms. The Morgan fingerprint density at radius 1 is 1.64 bits per heavy atom.